The number of halogens is 1. The minimum atomic E-state index is -0.711. The van der Waals surface area contributed by atoms with Crippen molar-refractivity contribution in [1.29, 1.82) is 0 Å². The molecule has 1 aromatic carbocycles. The Bertz CT molecular complexity index is 976. The third kappa shape index (κ3) is 3.57. The van der Waals surface area contributed by atoms with Crippen LogP contribution in [0.3, 0.4) is 0 Å². The van der Waals surface area contributed by atoms with E-state index in [4.69, 9.17) is 16.3 Å². The number of nitrogens with one attached hydrogen (secondary N) is 1. The molecule has 6 nitrogen and oxygen atoms in total. The van der Waals surface area contributed by atoms with Crippen molar-refractivity contribution < 1.29 is 19.1 Å². The second-order valence-corrected chi connectivity index (χ2v) is 6.63. The summed E-state index contributed by atoms with van der Waals surface area (Å²) in [6.07, 6.45) is 1.68. The summed E-state index contributed by atoms with van der Waals surface area (Å²) in [5.74, 6) is -1.97. The van der Waals surface area contributed by atoms with Crippen LogP contribution in [-0.4, -0.2) is 29.0 Å². The molecule has 128 valence electrons. The topological polar surface area (TPSA) is 77.4 Å². The lowest BCUT2D eigenvalue weighted by atomic mass is 10.2. The number of nitrogens with zero attached hydrogens (tertiary/aromatic N) is 1. The summed E-state index contributed by atoms with van der Waals surface area (Å²) in [6, 6.07) is 10.6. The average molecular weight is 377 g/mol. The van der Waals surface area contributed by atoms with Crippen LogP contribution in [-0.2, 0) is 16.6 Å². The fraction of sp³-hybridized carbons (Fsp3) is 0.118. The second-order valence-electron chi connectivity index (χ2n) is 5.20. The number of hydrogen-bond donors (Lipinski definition) is 1. The van der Waals surface area contributed by atoms with Crippen molar-refractivity contribution >= 4 is 50.8 Å². The normalized spacial score (nSPS) is 10.6. The molecule has 0 saturated heterocycles. The van der Waals surface area contributed by atoms with Crippen LogP contribution < -0.4 is 5.32 Å². The number of carbonyl (C=O) groups is 3. The van der Waals surface area contributed by atoms with Crippen molar-refractivity contribution in [2.24, 2.45) is 7.05 Å². The summed E-state index contributed by atoms with van der Waals surface area (Å²) in [6.45, 7) is -0.570. The molecule has 3 rings (SSSR count). The second kappa shape index (κ2) is 7.08. The van der Waals surface area contributed by atoms with Gasteiger partial charge >= 0.3 is 5.97 Å². The molecule has 0 atom stereocenters. The summed E-state index contributed by atoms with van der Waals surface area (Å²) < 4.78 is 7.39. The number of aryl methyl sites for hydroxylation is 1. The van der Waals surface area contributed by atoms with Crippen LogP contribution in [0.25, 0.3) is 10.1 Å². The first kappa shape index (κ1) is 17.2. The molecule has 25 heavy (non-hydrogen) atoms. The smallest absolute Gasteiger partial charge is 0.350 e. The number of ether oxygens (including phenoxy) is 1. The van der Waals surface area contributed by atoms with Gasteiger partial charge in [-0.05, 0) is 18.2 Å². The molecular formula is C17H13ClN2O4S. The van der Waals surface area contributed by atoms with Gasteiger partial charge in [0.15, 0.2) is 6.61 Å². The summed E-state index contributed by atoms with van der Waals surface area (Å²) in [5, 5.41) is 3.22. The van der Waals surface area contributed by atoms with Gasteiger partial charge in [-0.15, -0.1) is 11.3 Å². The highest BCUT2D eigenvalue weighted by Crippen LogP contribution is 2.35. The molecule has 0 bridgehead atoms. The molecule has 8 heteroatoms. The maximum atomic E-state index is 12.1. The zero-order valence-electron chi connectivity index (χ0n) is 13.1. The number of hydrogen-bond acceptors (Lipinski definition) is 5. The molecule has 0 radical (unpaired) electrons. The van der Waals surface area contributed by atoms with E-state index in [9.17, 15) is 14.4 Å². The maximum absolute atomic E-state index is 12.1. The minimum absolute atomic E-state index is 0.226. The van der Waals surface area contributed by atoms with Crippen LogP contribution in [0.15, 0.2) is 42.6 Å². The zero-order chi connectivity index (χ0) is 18.0. The predicted molar refractivity (Wildman–Crippen MR) is 95.0 cm³/mol. The number of carbonyl (C=O) groups excluding carboxylic acids is 3. The first-order valence-corrected chi connectivity index (χ1v) is 8.46. The number of fused-ring (bicyclic) bond motifs is 1. The first-order valence-electron chi connectivity index (χ1n) is 7.27. The van der Waals surface area contributed by atoms with Crippen LogP contribution >= 0.6 is 22.9 Å². The molecule has 0 aliphatic heterocycles. The monoisotopic (exact) mass is 376 g/mol. The predicted octanol–water partition coefficient (Wildman–Crippen LogP) is 3.01. The van der Waals surface area contributed by atoms with E-state index >= 15 is 0 Å². The summed E-state index contributed by atoms with van der Waals surface area (Å²) >= 11 is 7.38. The number of amides is 2. The van der Waals surface area contributed by atoms with Gasteiger partial charge in [-0.3, -0.25) is 14.9 Å². The molecule has 2 heterocycles. The third-order valence-corrected chi connectivity index (χ3v) is 5.14. The Balaban J connectivity index is 1.61. The maximum Gasteiger partial charge on any atom is 0.350 e. The van der Waals surface area contributed by atoms with E-state index in [1.807, 2.05) is 18.2 Å². The van der Waals surface area contributed by atoms with Gasteiger partial charge in [0.1, 0.15) is 10.6 Å². The molecule has 2 aromatic heterocycles. The van der Waals surface area contributed by atoms with Crippen molar-refractivity contribution in [2.75, 3.05) is 6.61 Å². The van der Waals surface area contributed by atoms with Gasteiger partial charge in [-0.25, -0.2) is 4.79 Å². The van der Waals surface area contributed by atoms with Gasteiger partial charge in [-0.2, -0.15) is 0 Å². The highest BCUT2D eigenvalue weighted by molar-refractivity contribution is 7.21. The van der Waals surface area contributed by atoms with E-state index in [0.29, 0.717) is 10.7 Å². The van der Waals surface area contributed by atoms with E-state index in [1.165, 1.54) is 11.3 Å². The number of rotatable bonds is 4. The standard InChI is InChI=1S/C17H13ClN2O4S/c1-20-8-4-6-11(20)16(22)19-13(21)9-24-17(23)15-14(18)10-5-2-3-7-12(10)25-15/h2-8H,9H2,1H3,(H,19,21,22). The average Bonchev–Trinajstić information content (AvgIpc) is 3.17. The van der Waals surface area contributed by atoms with Gasteiger partial charge in [0.25, 0.3) is 11.8 Å². The molecule has 0 saturated carbocycles. The van der Waals surface area contributed by atoms with Gasteiger partial charge < -0.3 is 9.30 Å². The van der Waals surface area contributed by atoms with Gasteiger partial charge in [0.05, 0.1) is 5.02 Å². The Morgan fingerprint density at radius 3 is 2.64 bits per heavy atom. The zero-order valence-corrected chi connectivity index (χ0v) is 14.7. The molecule has 2 amide bonds. The Kier molecular flexibility index (Phi) is 4.87. The molecule has 0 aliphatic carbocycles. The van der Waals surface area contributed by atoms with E-state index in [2.05, 4.69) is 5.32 Å². The van der Waals surface area contributed by atoms with Crippen molar-refractivity contribution in [3.63, 3.8) is 0 Å². The molecule has 3 aromatic rings. The fourth-order valence-electron chi connectivity index (χ4n) is 2.27. The third-order valence-electron chi connectivity index (χ3n) is 3.48. The minimum Gasteiger partial charge on any atom is -0.451 e. The summed E-state index contributed by atoms with van der Waals surface area (Å²) in [5.41, 5.74) is 0.326. The molecule has 0 aliphatic rings. The Hall–Kier alpha value is -2.64. The van der Waals surface area contributed by atoms with E-state index in [-0.39, 0.29) is 4.88 Å². The van der Waals surface area contributed by atoms with Gasteiger partial charge in [0.2, 0.25) is 0 Å². The Morgan fingerprint density at radius 1 is 1.20 bits per heavy atom. The highest BCUT2D eigenvalue weighted by atomic mass is 35.5. The largest absolute Gasteiger partial charge is 0.451 e. The van der Waals surface area contributed by atoms with Crippen molar-refractivity contribution in [3.05, 3.63) is 58.2 Å². The lowest BCUT2D eigenvalue weighted by Crippen LogP contribution is -2.35. The molecule has 0 unspecified atom stereocenters. The van der Waals surface area contributed by atoms with Crippen molar-refractivity contribution in [1.82, 2.24) is 9.88 Å². The Morgan fingerprint density at radius 2 is 1.96 bits per heavy atom. The Labute approximate surface area is 152 Å². The van der Waals surface area contributed by atoms with Crippen LogP contribution in [0, 0.1) is 0 Å². The summed E-state index contributed by atoms with van der Waals surface area (Å²) in [7, 11) is 1.68. The number of thiophene rings is 1. The number of imide groups is 1. The molecular weight excluding hydrogens is 364 g/mol. The fourth-order valence-corrected chi connectivity index (χ4v) is 3.67. The molecule has 0 fully saturated rings. The SMILES string of the molecule is Cn1cccc1C(=O)NC(=O)COC(=O)c1sc2ccccc2c1Cl. The number of aromatic nitrogens is 1. The quantitative estimate of drug-likeness (QED) is 0.710. The van der Waals surface area contributed by atoms with Gasteiger partial charge in [0, 0.05) is 23.3 Å². The summed E-state index contributed by atoms with van der Waals surface area (Å²) in [4.78, 5) is 36.1. The van der Waals surface area contributed by atoms with Gasteiger partial charge in [-0.1, -0.05) is 29.8 Å². The van der Waals surface area contributed by atoms with Crippen molar-refractivity contribution in [3.8, 4) is 0 Å². The van der Waals surface area contributed by atoms with E-state index < -0.39 is 24.4 Å². The lowest BCUT2D eigenvalue weighted by molar-refractivity contribution is -0.123. The highest BCUT2D eigenvalue weighted by Gasteiger charge is 2.20. The van der Waals surface area contributed by atoms with Crippen LogP contribution in [0.2, 0.25) is 5.02 Å². The van der Waals surface area contributed by atoms with Crippen LogP contribution in [0.5, 0.6) is 0 Å². The van der Waals surface area contributed by atoms with Crippen molar-refractivity contribution in [2.45, 2.75) is 0 Å². The molecule has 0 spiro atoms. The van der Waals surface area contributed by atoms with Crippen LogP contribution in [0.4, 0.5) is 0 Å². The van der Waals surface area contributed by atoms with Crippen LogP contribution in [0.1, 0.15) is 20.2 Å². The lowest BCUT2D eigenvalue weighted by Gasteiger charge is -2.06. The van der Waals surface area contributed by atoms with E-state index in [1.54, 1.807) is 36.0 Å². The number of esters is 1. The first-order chi connectivity index (χ1) is 12.0. The van der Waals surface area contributed by atoms with E-state index in [0.717, 1.165) is 10.1 Å². The molecule has 1 N–H and O–H groups in total. The number of benzene rings is 1.